The maximum absolute atomic E-state index is 14.3. The Morgan fingerprint density at radius 1 is 1.46 bits per heavy atom. The van der Waals surface area contributed by atoms with Gasteiger partial charge in [0, 0.05) is 11.6 Å². The molecular weight excluding hydrogens is 359 g/mol. The number of carbonyl (C=O) groups is 1. The van der Waals surface area contributed by atoms with Gasteiger partial charge in [0.15, 0.2) is 11.6 Å². The zero-order valence-corrected chi connectivity index (χ0v) is 16.7. The SMILES string of the molecule is CC(C)C[C@H](Nc1nc(Cl)c(C#N)cc1F)[C@H](C)N(C(=O)O)C(C)(C)C. The lowest BCUT2D eigenvalue weighted by atomic mass is 9.94. The molecule has 2 atom stereocenters. The molecule has 0 aliphatic rings. The van der Waals surface area contributed by atoms with Crippen molar-refractivity contribution in [2.45, 2.75) is 65.6 Å². The van der Waals surface area contributed by atoms with Gasteiger partial charge in [-0.1, -0.05) is 25.4 Å². The molecule has 2 N–H and O–H groups in total. The number of nitrogens with one attached hydrogen (secondary N) is 1. The number of amides is 1. The van der Waals surface area contributed by atoms with Gasteiger partial charge in [0.05, 0.1) is 11.6 Å². The topological polar surface area (TPSA) is 89.3 Å². The first-order valence-electron chi connectivity index (χ1n) is 8.43. The molecule has 0 saturated heterocycles. The van der Waals surface area contributed by atoms with Crippen LogP contribution in [0.25, 0.3) is 0 Å². The van der Waals surface area contributed by atoms with Crippen molar-refractivity contribution in [3.05, 3.63) is 22.6 Å². The van der Waals surface area contributed by atoms with Gasteiger partial charge in [0.2, 0.25) is 0 Å². The van der Waals surface area contributed by atoms with E-state index in [1.165, 1.54) is 4.90 Å². The second-order valence-electron chi connectivity index (χ2n) is 7.71. The summed E-state index contributed by atoms with van der Waals surface area (Å²) in [6.07, 6.45) is -0.452. The molecule has 0 aliphatic carbocycles. The molecule has 1 aromatic rings. The van der Waals surface area contributed by atoms with Crippen molar-refractivity contribution in [1.29, 1.82) is 5.26 Å². The molecule has 1 aromatic heterocycles. The number of rotatable bonds is 6. The van der Waals surface area contributed by atoms with Crippen LogP contribution in [0.4, 0.5) is 15.0 Å². The number of hydrogen-bond donors (Lipinski definition) is 2. The highest BCUT2D eigenvalue weighted by Gasteiger charge is 2.35. The average molecular weight is 385 g/mol. The first-order chi connectivity index (χ1) is 11.9. The summed E-state index contributed by atoms with van der Waals surface area (Å²) in [5.74, 6) is -0.558. The van der Waals surface area contributed by atoms with E-state index < -0.39 is 29.5 Å². The minimum atomic E-state index is -1.05. The first kappa shape index (κ1) is 22.0. The van der Waals surface area contributed by atoms with E-state index in [2.05, 4.69) is 10.3 Å². The number of hydrogen-bond acceptors (Lipinski definition) is 4. The molecule has 0 radical (unpaired) electrons. The van der Waals surface area contributed by atoms with Crippen LogP contribution in [0.5, 0.6) is 0 Å². The standard InChI is InChI=1S/C18H26ClFN4O2/c1-10(2)7-14(11(3)24(17(25)26)18(4,5)6)22-16-13(20)8-12(9-21)15(19)23-16/h8,10-11,14H,7H2,1-6H3,(H,22,23)(H,25,26)/t11-,14-/m0/s1. The second kappa shape index (κ2) is 8.54. The molecule has 0 aliphatic heterocycles. The van der Waals surface area contributed by atoms with E-state index in [0.717, 1.165) is 6.07 Å². The van der Waals surface area contributed by atoms with Gasteiger partial charge in [-0.05, 0) is 46.1 Å². The van der Waals surface area contributed by atoms with E-state index >= 15 is 0 Å². The lowest BCUT2D eigenvalue weighted by Gasteiger charge is -2.42. The summed E-state index contributed by atoms with van der Waals surface area (Å²) < 4.78 is 14.3. The van der Waals surface area contributed by atoms with Gasteiger partial charge in [0.1, 0.15) is 11.2 Å². The Kier molecular flexibility index (Phi) is 7.22. The number of nitriles is 1. The molecule has 26 heavy (non-hydrogen) atoms. The number of aromatic nitrogens is 1. The summed E-state index contributed by atoms with van der Waals surface area (Å²) in [5.41, 5.74) is -0.679. The number of nitrogens with zero attached hydrogens (tertiary/aromatic N) is 3. The lowest BCUT2D eigenvalue weighted by Crippen LogP contribution is -2.56. The first-order valence-corrected chi connectivity index (χ1v) is 8.81. The van der Waals surface area contributed by atoms with Crippen LogP contribution in [-0.2, 0) is 0 Å². The van der Waals surface area contributed by atoms with Crippen molar-refractivity contribution in [1.82, 2.24) is 9.88 Å². The maximum atomic E-state index is 14.3. The van der Waals surface area contributed by atoms with Gasteiger partial charge in [-0.3, -0.25) is 4.90 Å². The van der Waals surface area contributed by atoms with Gasteiger partial charge >= 0.3 is 6.09 Å². The van der Waals surface area contributed by atoms with Crippen LogP contribution in [0, 0.1) is 23.1 Å². The van der Waals surface area contributed by atoms with Crippen molar-refractivity contribution < 1.29 is 14.3 Å². The van der Waals surface area contributed by atoms with Crippen molar-refractivity contribution in [3.63, 3.8) is 0 Å². The Balaban J connectivity index is 3.25. The summed E-state index contributed by atoms with van der Waals surface area (Å²) in [7, 11) is 0. The van der Waals surface area contributed by atoms with E-state index in [1.807, 2.05) is 34.6 Å². The fourth-order valence-corrected chi connectivity index (χ4v) is 3.14. The molecule has 6 nitrogen and oxygen atoms in total. The Morgan fingerprint density at radius 3 is 2.46 bits per heavy atom. The fraction of sp³-hybridized carbons (Fsp3) is 0.611. The minimum Gasteiger partial charge on any atom is -0.465 e. The largest absolute Gasteiger partial charge is 0.465 e. The molecule has 0 spiro atoms. The highest BCUT2D eigenvalue weighted by molar-refractivity contribution is 6.30. The van der Waals surface area contributed by atoms with E-state index in [4.69, 9.17) is 16.9 Å². The summed E-state index contributed by atoms with van der Waals surface area (Å²) >= 11 is 5.91. The van der Waals surface area contributed by atoms with Gasteiger partial charge < -0.3 is 10.4 Å². The van der Waals surface area contributed by atoms with Gasteiger partial charge in [-0.2, -0.15) is 5.26 Å². The quantitative estimate of drug-likeness (QED) is 0.691. The molecule has 0 bridgehead atoms. The predicted molar refractivity (Wildman–Crippen MR) is 99.9 cm³/mol. The zero-order chi connectivity index (χ0) is 20.2. The Labute approximate surface area is 159 Å². The van der Waals surface area contributed by atoms with E-state index in [0.29, 0.717) is 6.42 Å². The average Bonchev–Trinajstić information content (AvgIpc) is 2.47. The summed E-state index contributed by atoms with van der Waals surface area (Å²) in [6, 6.07) is 1.95. The number of anilines is 1. The monoisotopic (exact) mass is 384 g/mol. The Morgan fingerprint density at radius 2 is 2.04 bits per heavy atom. The summed E-state index contributed by atoms with van der Waals surface area (Å²) in [4.78, 5) is 17.1. The third-order valence-corrected chi connectivity index (χ3v) is 4.30. The number of halogens is 2. The molecule has 0 fully saturated rings. The van der Waals surface area contributed by atoms with Crippen molar-refractivity contribution >= 4 is 23.5 Å². The maximum Gasteiger partial charge on any atom is 0.408 e. The number of pyridine rings is 1. The number of carboxylic acid groups (broad SMARTS) is 1. The molecule has 144 valence electrons. The Hall–Kier alpha value is -2.07. The highest BCUT2D eigenvalue weighted by Crippen LogP contribution is 2.26. The molecule has 0 unspecified atom stereocenters. The van der Waals surface area contributed by atoms with E-state index in [1.54, 1.807) is 13.0 Å². The fourth-order valence-electron chi connectivity index (χ4n) is 2.96. The predicted octanol–water partition coefficient (Wildman–Crippen LogP) is 4.74. The third-order valence-electron chi connectivity index (χ3n) is 4.02. The van der Waals surface area contributed by atoms with E-state index in [9.17, 15) is 14.3 Å². The second-order valence-corrected chi connectivity index (χ2v) is 8.07. The van der Waals surface area contributed by atoms with Crippen LogP contribution in [0.2, 0.25) is 5.15 Å². The molecule has 8 heteroatoms. The molecule has 1 rings (SSSR count). The van der Waals surface area contributed by atoms with Gasteiger partial charge in [-0.15, -0.1) is 0 Å². The van der Waals surface area contributed by atoms with Gasteiger partial charge in [0.25, 0.3) is 0 Å². The van der Waals surface area contributed by atoms with Crippen LogP contribution in [0.15, 0.2) is 6.07 Å². The zero-order valence-electron chi connectivity index (χ0n) is 16.0. The molecule has 0 saturated carbocycles. The summed E-state index contributed by atoms with van der Waals surface area (Å²) in [6.45, 7) is 11.2. The summed E-state index contributed by atoms with van der Waals surface area (Å²) in [5, 5.41) is 21.5. The van der Waals surface area contributed by atoms with Crippen molar-refractivity contribution in [2.75, 3.05) is 5.32 Å². The van der Waals surface area contributed by atoms with Gasteiger partial charge in [-0.25, -0.2) is 14.2 Å². The van der Waals surface area contributed by atoms with Crippen LogP contribution in [0.1, 0.15) is 53.5 Å². The highest BCUT2D eigenvalue weighted by atomic mass is 35.5. The molecular formula is C18H26ClFN4O2. The molecule has 1 amide bonds. The minimum absolute atomic E-state index is 0.0509. The molecule has 0 aromatic carbocycles. The molecule has 1 heterocycles. The van der Waals surface area contributed by atoms with Crippen LogP contribution in [-0.4, -0.2) is 38.7 Å². The van der Waals surface area contributed by atoms with E-state index in [-0.39, 0.29) is 22.5 Å². The third kappa shape index (κ3) is 5.46. The van der Waals surface area contributed by atoms with Crippen molar-refractivity contribution in [2.24, 2.45) is 5.92 Å². The van der Waals surface area contributed by atoms with Crippen LogP contribution >= 0.6 is 11.6 Å². The lowest BCUT2D eigenvalue weighted by molar-refractivity contribution is 0.0670. The smallest absolute Gasteiger partial charge is 0.408 e. The Bertz CT molecular complexity index is 698. The normalized spacial score (nSPS) is 13.8. The van der Waals surface area contributed by atoms with Crippen LogP contribution < -0.4 is 5.32 Å². The van der Waals surface area contributed by atoms with Crippen LogP contribution in [0.3, 0.4) is 0 Å². The van der Waals surface area contributed by atoms with Crippen molar-refractivity contribution in [3.8, 4) is 6.07 Å².